The van der Waals surface area contributed by atoms with E-state index in [9.17, 15) is 5.11 Å². The highest BCUT2D eigenvalue weighted by molar-refractivity contribution is 5.32. The largest absolute Gasteiger partial charge is 0.496 e. The fraction of sp³-hybridized carbons (Fsp3) is 0.538. The van der Waals surface area contributed by atoms with Crippen molar-refractivity contribution in [3.63, 3.8) is 0 Å². The van der Waals surface area contributed by atoms with Crippen molar-refractivity contribution in [3.05, 3.63) is 29.8 Å². The Balaban J connectivity index is 2.30. The number of aliphatic hydroxyl groups excluding tert-OH is 1. The lowest BCUT2D eigenvalue weighted by molar-refractivity contribution is 0.0285. The second-order valence-electron chi connectivity index (χ2n) is 3.79. The predicted octanol–water partition coefficient (Wildman–Crippen LogP) is 1.18. The van der Waals surface area contributed by atoms with Crippen molar-refractivity contribution in [1.82, 2.24) is 5.32 Å². The lowest BCUT2D eigenvalue weighted by Crippen LogP contribution is -2.30. The Kier molecular flexibility index (Phi) is 6.62. The van der Waals surface area contributed by atoms with Crippen molar-refractivity contribution in [2.75, 3.05) is 26.8 Å². The van der Waals surface area contributed by atoms with Crippen molar-refractivity contribution in [2.45, 2.75) is 19.6 Å². The predicted molar refractivity (Wildman–Crippen MR) is 67.2 cm³/mol. The maximum absolute atomic E-state index is 9.57. The smallest absolute Gasteiger partial charge is 0.124 e. The molecular formula is C13H21NO3. The Morgan fingerprint density at radius 2 is 2.12 bits per heavy atom. The van der Waals surface area contributed by atoms with E-state index in [4.69, 9.17) is 9.47 Å². The molecule has 0 aliphatic rings. The second kappa shape index (κ2) is 8.06. The van der Waals surface area contributed by atoms with Gasteiger partial charge in [0, 0.05) is 12.1 Å². The number of hydrogen-bond acceptors (Lipinski definition) is 4. The molecule has 96 valence electrons. The van der Waals surface area contributed by atoms with Gasteiger partial charge in [-0.25, -0.2) is 0 Å². The Morgan fingerprint density at radius 3 is 2.82 bits per heavy atom. The molecule has 0 fully saturated rings. The minimum atomic E-state index is -0.468. The molecular weight excluding hydrogens is 218 g/mol. The first-order valence-corrected chi connectivity index (χ1v) is 5.86. The van der Waals surface area contributed by atoms with Crippen molar-refractivity contribution < 1.29 is 14.6 Å². The van der Waals surface area contributed by atoms with E-state index in [1.165, 1.54) is 0 Å². The van der Waals surface area contributed by atoms with Gasteiger partial charge in [-0.05, 0) is 12.6 Å². The van der Waals surface area contributed by atoms with E-state index >= 15 is 0 Å². The zero-order valence-corrected chi connectivity index (χ0v) is 10.5. The van der Waals surface area contributed by atoms with Crippen LogP contribution in [0.15, 0.2) is 24.3 Å². The number of hydrogen-bond donors (Lipinski definition) is 2. The van der Waals surface area contributed by atoms with Crippen LogP contribution in [0.25, 0.3) is 0 Å². The van der Waals surface area contributed by atoms with Gasteiger partial charge in [0.25, 0.3) is 0 Å². The van der Waals surface area contributed by atoms with Crippen LogP contribution in [0.1, 0.15) is 12.5 Å². The third-order valence-corrected chi connectivity index (χ3v) is 2.39. The highest BCUT2D eigenvalue weighted by Gasteiger charge is 2.05. The Hall–Kier alpha value is -1.10. The number of benzene rings is 1. The normalized spacial score (nSPS) is 12.4. The summed E-state index contributed by atoms with van der Waals surface area (Å²) in [6.45, 7) is 4.19. The van der Waals surface area contributed by atoms with Gasteiger partial charge < -0.3 is 19.9 Å². The van der Waals surface area contributed by atoms with Crippen molar-refractivity contribution in [2.24, 2.45) is 0 Å². The summed E-state index contributed by atoms with van der Waals surface area (Å²) >= 11 is 0. The van der Waals surface area contributed by atoms with E-state index in [1.54, 1.807) is 7.11 Å². The summed E-state index contributed by atoms with van der Waals surface area (Å²) in [5.74, 6) is 0.814. The van der Waals surface area contributed by atoms with Crippen LogP contribution in [-0.2, 0) is 11.3 Å². The first-order chi connectivity index (χ1) is 8.27. The zero-order chi connectivity index (χ0) is 12.5. The summed E-state index contributed by atoms with van der Waals surface area (Å²) in [6, 6.07) is 7.71. The zero-order valence-electron chi connectivity index (χ0n) is 10.5. The Morgan fingerprint density at radius 1 is 1.35 bits per heavy atom. The first-order valence-electron chi connectivity index (χ1n) is 5.86. The molecule has 0 radical (unpaired) electrons. The minimum absolute atomic E-state index is 0.324. The monoisotopic (exact) mass is 239 g/mol. The van der Waals surface area contributed by atoms with Crippen LogP contribution in [-0.4, -0.2) is 38.0 Å². The summed E-state index contributed by atoms with van der Waals surface area (Å²) in [5, 5.41) is 12.6. The number of methoxy groups -OCH3 is 1. The SMILES string of the molecule is CCNCC(O)COCc1ccccc1OC. The molecule has 0 aliphatic carbocycles. The molecule has 0 saturated heterocycles. The van der Waals surface area contributed by atoms with Gasteiger partial charge in [0.2, 0.25) is 0 Å². The van der Waals surface area contributed by atoms with Crippen molar-refractivity contribution >= 4 is 0 Å². The molecule has 4 heteroatoms. The number of para-hydroxylation sites is 1. The van der Waals surface area contributed by atoms with E-state index in [-0.39, 0.29) is 0 Å². The third kappa shape index (κ3) is 5.17. The summed E-state index contributed by atoms with van der Waals surface area (Å²) in [5.41, 5.74) is 0.991. The summed E-state index contributed by atoms with van der Waals surface area (Å²) < 4.78 is 10.7. The van der Waals surface area contributed by atoms with Gasteiger partial charge >= 0.3 is 0 Å². The van der Waals surface area contributed by atoms with E-state index in [1.807, 2.05) is 31.2 Å². The third-order valence-electron chi connectivity index (χ3n) is 2.39. The van der Waals surface area contributed by atoms with Gasteiger partial charge in [0.05, 0.1) is 26.4 Å². The molecule has 17 heavy (non-hydrogen) atoms. The average molecular weight is 239 g/mol. The molecule has 4 nitrogen and oxygen atoms in total. The lowest BCUT2D eigenvalue weighted by Gasteiger charge is -2.12. The molecule has 1 aromatic rings. The van der Waals surface area contributed by atoms with Gasteiger partial charge in [-0.2, -0.15) is 0 Å². The van der Waals surface area contributed by atoms with Gasteiger partial charge in [-0.3, -0.25) is 0 Å². The molecule has 0 aromatic heterocycles. The number of likely N-dealkylation sites (N-methyl/N-ethyl adjacent to an activating group) is 1. The Bertz CT molecular complexity index is 317. The number of nitrogens with one attached hydrogen (secondary N) is 1. The summed E-state index contributed by atoms with van der Waals surface area (Å²) in [6.07, 6.45) is -0.468. The van der Waals surface area contributed by atoms with Crippen LogP contribution >= 0.6 is 0 Å². The molecule has 1 unspecified atom stereocenters. The number of ether oxygens (including phenoxy) is 2. The van der Waals surface area contributed by atoms with E-state index in [2.05, 4.69) is 5.32 Å². The molecule has 1 atom stereocenters. The van der Waals surface area contributed by atoms with Crippen molar-refractivity contribution in [1.29, 1.82) is 0 Å². The minimum Gasteiger partial charge on any atom is -0.496 e. The highest BCUT2D eigenvalue weighted by Crippen LogP contribution is 2.17. The fourth-order valence-corrected chi connectivity index (χ4v) is 1.50. The molecule has 0 aliphatic heterocycles. The van der Waals surface area contributed by atoms with Crippen LogP contribution in [0.2, 0.25) is 0 Å². The Labute approximate surface area is 103 Å². The van der Waals surface area contributed by atoms with Gasteiger partial charge in [0.1, 0.15) is 5.75 Å². The fourth-order valence-electron chi connectivity index (χ4n) is 1.50. The maximum atomic E-state index is 9.57. The lowest BCUT2D eigenvalue weighted by atomic mass is 10.2. The van der Waals surface area contributed by atoms with Gasteiger partial charge in [-0.15, -0.1) is 0 Å². The van der Waals surface area contributed by atoms with Gasteiger partial charge in [0.15, 0.2) is 0 Å². The molecule has 0 heterocycles. The maximum Gasteiger partial charge on any atom is 0.124 e. The summed E-state index contributed by atoms with van der Waals surface area (Å²) in [7, 11) is 1.64. The molecule has 1 aromatic carbocycles. The quantitative estimate of drug-likeness (QED) is 0.715. The van der Waals surface area contributed by atoms with Crippen LogP contribution in [0, 0.1) is 0 Å². The van der Waals surface area contributed by atoms with Gasteiger partial charge in [-0.1, -0.05) is 25.1 Å². The molecule has 2 N–H and O–H groups in total. The second-order valence-corrected chi connectivity index (χ2v) is 3.79. The molecule has 0 amide bonds. The number of aliphatic hydroxyl groups is 1. The topological polar surface area (TPSA) is 50.7 Å². The molecule has 1 rings (SSSR count). The standard InChI is InChI=1S/C13H21NO3/c1-3-14-8-12(15)10-17-9-11-6-4-5-7-13(11)16-2/h4-7,12,14-15H,3,8-10H2,1-2H3. The summed E-state index contributed by atoms with van der Waals surface area (Å²) in [4.78, 5) is 0. The molecule has 0 bridgehead atoms. The average Bonchev–Trinajstić information content (AvgIpc) is 2.37. The molecule has 0 saturated carbocycles. The number of rotatable bonds is 8. The highest BCUT2D eigenvalue weighted by atomic mass is 16.5. The van der Waals surface area contributed by atoms with Crippen LogP contribution < -0.4 is 10.1 Å². The van der Waals surface area contributed by atoms with E-state index in [0.29, 0.717) is 19.8 Å². The van der Waals surface area contributed by atoms with Crippen LogP contribution in [0.4, 0.5) is 0 Å². The van der Waals surface area contributed by atoms with E-state index in [0.717, 1.165) is 17.9 Å². The molecule has 0 spiro atoms. The van der Waals surface area contributed by atoms with Crippen LogP contribution in [0.3, 0.4) is 0 Å². The van der Waals surface area contributed by atoms with Crippen molar-refractivity contribution in [3.8, 4) is 5.75 Å². The van der Waals surface area contributed by atoms with E-state index < -0.39 is 6.10 Å². The van der Waals surface area contributed by atoms with Crippen LogP contribution in [0.5, 0.6) is 5.75 Å². The first kappa shape index (κ1) is 14.0.